The number of benzene rings is 6. The third-order valence-electron chi connectivity index (χ3n) is 22.8. The molecule has 22 heteroatoms. The van der Waals surface area contributed by atoms with E-state index in [0.29, 0.717) is 75.3 Å². The average molecular weight is 1440 g/mol. The zero-order valence-corrected chi connectivity index (χ0v) is 60.8. The highest BCUT2D eigenvalue weighted by Crippen LogP contribution is 2.51. The molecule has 6 aromatic carbocycles. The van der Waals surface area contributed by atoms with Crippen LogP contribution in [0.4, 0.5) is 22.7 Å². The number of anilines is 4. The monoisotopic (exact) mass is 1440 g/mol. The van der Waals surface area contributed by atoms with Gasteiger partial charge < -0.3 is 38.5 Å². The van der Waals surface area contributed by atoms with Crippen molar-refractivity contribution in [2.75, 3.05) is 84.7 Å². The van der Waals surface area contributed by atoms with Crippen LogP contribution in [0, 0.1) is 23.7 Å². The van der Waals surface area contributed by atoms with Gasteiger partial charge in [0.05, 0.1) is 50.3 Å². The van der Waals surface area contributed by atoms with Crippen LogP contribution in [0.3, 0.4) is 0 Å². The smallest absolute Gasteiger partial charge is 0.264 e. The number of aryl methyl sites for hydroxylation is 2. The van der Waals surface area contributed by atoms with Gasteiger partial charge in [0.1, 0.15) is 23.0 Å². The molecule has 14 rings (SSSR count). The summed E-state index contributed by atoms with van der Waals surface area (Å²) in [6.45, 7) is 7.04. The maximum absolute atomic E-state index is 13.5. The minimum absolute atomic E-state index is 0.0138. The van der Waals surface area contributed by atoms with Crippen LogP contribution in [0.1, 0.15) is 160 Å². The lowest BCUT2D eigenvalue weighted by molar-refractivity contribution is -0.118. The number of ether oxygens (including phenoxy) is 4. The molecule has 532 valence electrons. The van der Waals surface area contributed by atoms with Gasteiger partial charge in [-0.3, -0.25) is 19.2 Å². The molecule has 18 nitrogen and oxygen atoms in total. The third-order valence-corrected chi connectivity index (χ3v) is 25.9. The van der Waals surface area contributed by atoms with Crippen molar-refractivity contribution in [2.45, 2.75) is 152 Å². The molecule has 4 heterocycles. The largest absolute Gasteiger partial charge is 0.497 e. The van der Waals surface area contributed by atoms with E-state index >= 15 is 0 Å². The molecular weight excluding hydrogens is 1350 g/mol. The van der Waals surface area contributed by atoms with E-state index in [1.165, 1.54) is 22.3 Å². The van der Waals surface area contributed by atoms with Gasteiger partial charge in [0.15, 0.2) is 0 Å². The van der Waals surface area contributed by atoms with Gasteiger partial charge in [0, 0.05) is 95.5 Å². The standard InChI is InChI=1S/2C39H46ClN3O6S/c2*1-26(44)43(31-12-14-32(48-2)15-13-31)35-8-4-3-5-20-50(46,47)41-38(45)28-10-18-37-36(22-28)42(23-29-9-16-33(29)35)24-39(25-49-37)19-6-7-27-21-30(40)11-17-34(27)39/h2*10-15,17-18,21-22,29,33,35H,3-9,16,19-20,23-25H2,1-2H3,(H,41,45)/t29-,33+,35+,39-;29-,33+,35-,39-/m00/s1. The summed E-state index contributed by atoms with van der Waals surface area (Å²) in [5.74, 6) is 2.31. The van der Waals surface area contributed by atoms with Crippen molar-refractivity contribution in [3.8, 4) is 23.0 Å². The molecule has 0 saturated heterocycles. The van der Waals surface area contributed by atoms with E-state index in [-0.39, 0.29) is 69.2 Å². The summed E-state index contributed by atoms with van der Waals surface area (Å²) in [5, 5.41) is 1.45. The Bertz CT molecular complexity index is 4010. The second-order valence-corrected chi connectivity index (χ2v) is 33.6. The zero-order chi connectivity index (χ0) is 70.1. The van der Waals surface area contributed by atoms with Gasteiger partial charge in [0.25, 0.3) is 11.8 Å². The minimum atomic E-state index is -3.84. The van der Waals surface area contributed by atoms with Gasteiger partial charge in [-0.15, -0.1) is 0 Å². The molecule has 8 aliphatic rings. The number of halogens is 2. The van der Waals surface area contributed by atoms with E-state index in [1.807, 2.05) is 70.5 Å². The van der Waals surface area contributed by atoms with Crippen molar-refractivity contribution in [3.63, 3.8) is 0 Å². The number of hydrogen-bond donors (Lipinski definition) is 2. The Kier molecular flexibility index (Phi) is 21.1. The van der Waals surface area contributed by atoms with E-state index in [1.54, 1.807) is 64.5 Å². The molecule has 4 aliphatic heterocycles. The van der Waals surface area contributed by atoms with E-state index in [2.05, 4.69) is 43.5 Å². The molecule has 0 aromatic heterocycles. The van der Waals surface area contributed by atoms with E-state index in [4.69, 9.17) is 42.1 Å². The first-order valence-electron chi connectivity index (χ1n) is 35.7. The summed E-state index contributed by atoms with van der Waals surface area (Å²) in [7, 11) is -4.43. The first-order valence-corrected chi connectivity index (χ1v) is 39.8. The summed E-state index contributed by atoms with van der Waals surface area (Å²) < 4.78 is 80.8. The Labute approximate surface area is 598 Å². The van der Waals surface area contributed by atoms with Crippen LogP contribution in [0.25, 0.3) is 0 Å². The number of rotatable bonds is 6. The number of nitrogens with zero attached hydrogens (tertiary/aromatic N) is 4. The summed E-state index contributed by atoms with van der Waals surface area (Å²) in [5.41, 5.74) is 8.23. The second-order valence-electron chi connectivity index (χ2n) is 29.1. The lowest BCUT2D eigenvalue weighted by atomic mass is 9.67. The average Bonchev–Trinajstić information content (AvgIpc) is 1.49. The Morgan fingerprint density at radius 2 is 0.920 bits per heavy atom. The fourth-order valence-electron chi connectivity index (χ4n) is 17.6. The molecular formula is C78H92Cl2N6O12S2. The van der Waals surface area contributed by atoms with Crippen molar-refractivity contribution in [2.24, 2.45) is 23.7 Å². The number of hydrogen-bond acceptors (Lipinski definition) is 14. The fourth-order valence-corrected chi connectivity index (χ4v) is 20.2. The van der Waals surface area contributed by atoms with Crippen molar-refractivity contribution < 1.29 is 55.0 Å². The van der Waals surface area contributed by atoms with Crippen LogP contribution in [0.2, 0.25) is 10.0 Å². The highest BCUT2D eigenvalue weighted by Gasteiger charge is 2.49. The molecule has 4 bridgehead atoms. The highest BCUT2D eigenvalue weighted by atomic mass is 35.5. The molecule has 100 heavy (non-hydrogen) atoms. The molecule has 2 saturated carbocycles. The third kappa shape index (κ3) is 15.2. The topological polar surface area (TPSA) is 210 Å². The summed E-state index contributed by atoms with van der Waals surface area (Å²) in [6, 6.07) is 38.1. The minimum Gasteiger partial charge on any atom is -0.497 e. The number of fused-ring (bicyclic) bond motifs is 8. The van der Waals surface area contributed by atoms with Crippen molar-refractivity contribution >= 4 is 89.6 Å². The number of sulfonamides is 2. The predicted octanol–water partition coefficient (Wildman–Crippen LogP) is 13.8. The van der Waals surface area contributed by atoms with Crippen molar-refractivity contribution in [3.05, 3.63) is 165 Å². The molecule has 2 spiro atoms. The molecule has 8 atom stereocenters. The summed E-state index contributed by atoms with van der Waals surface area (Å²) in [4.78, 5) is 62.3. The van der Waals surface area contributed by atoms with E-state index < -0.39 is 31.9 Å². The highest BCUT2D eigenvalue weighted by molar-refractivity contribution is 7.90. The van der Waals surface area contributed by atoms with Crippen LogP contribution in [-0.2, 0) is 53.3 Å². The van der Waals surface area contributed by atoms with Gasteiger partial charge in [-0.25, -0.2) is 26.3 Å². The molecule has 4 aliphatic carbocycles. The van der Waals surface area contributed by atoms with E-state index in [9.17, 15) is 36.0 Å². The molecule has 0 unspecified atom stereocenters. The van der Waals surface area contributed by atoms with Gasteiger partial charge >= 0.3 is 0 Å². The van der Waals surface area contributed by atoms with Crippen LogP contribution < -0.4 is 48.0 Å². The fraction of sp³-hybridized carbons (Fsp3) is 0.487. The number of methoxy groups -OCH3 is 2. The van der Waals surface area contributed by atoms with Gasteiger partial charge in [-0.1, -0.05) is 61.0 Å². The molecule has 2 fully saturated rings. The lowest BCUT2D eigenvalue weighted by Crippen LogP contribution is -2.53. The van der Waals surface area contributed by atoms with Crippen LogP contribution in [-0.4, -0.2) is 118 Å². The lowest BCUT2D eigenvalue weighted by Gasteiger charge is -2.49. The number of carbonyl (C=O) groups is 4. The van der Waals surface area contributed by atoms with Crippen LogP contribution >= 0.6 is 23.2 Å². The Morgan fingerprint density at radius 3 is 1.29 bits per heavy atom. The maximum Gasteiger partial charge on any atom is 0.264 e. The SMILES string of the molecule is COc1ccc(N(C(C)=O)[C@@H]2CCCCCS(=O)(=O)NC(=O)c3ccc4c(c3)N(C[C@@H]3CC[C@H]32)C[C@@]2(CCCc3cc(Cl)ccc32)CO4)cc1.COc1ccc(N(C(C)=O)[C@H]2CCCCCS(=O)(=O)NC(=O)c3ccc4c(c3)N(C[C@@H]3CC[C@H]32)C[C@@]2(CCCc3cc(Cl)ccc32)CO4)cc1. The Balaban J connectivity index is 0.000000179. The second kappa shape index (κ2) is 29.8. The van der Waals surface area contributed by atoms with Crippen LogP contribution in [0.15, 0.2) is 121 Å². The molecule has 2 N–H and O–H groups in total. The normalized spacial score (nSPS) is 26.3. The van der Waals surface area contributed by atoms with Gasteiger partial charge in [-0.2, -0.15) is 0 Å². The summed E-state index contributed by atoms with van der Waals surface area (Å²) >= 11 is 12.9. The molecule has 6 aromatic rings. The first-order chi connectivity index (χ1) is 48.1. The van der Waals surface area contributed by atoms with Gasteiger partial charge in [-0.05, 0) is 245 Å². The summed E-state index contributed by atoms with van der Waals surface area (Å²) in [6.07, 6.45) is 15.1. The molecule has 0 radical (unpaired) electrons. The number of nitrogens with one attached hydrogen (secondary N) is 2. The quantitative estimate of drug-likeness (QED) is 0.159. The maximum atomic E-state index is 13.5. The number of carbonyl (C=O) groups excluding carboxylic acids is 4. The first kappa shape index (κ1) is 70.9. The zero-order valence-electron chi connectivity index (χ0n) is 57.7. The van der Waals surface area contributed by atoms with Crippen LogP contribution in [0.5, 0.6) is 23.0 Å². The van der Waals surface area contributed by atoms with Crippen molar-refractivity contribution in [1.29, 1.82) is 0 Å². The Morgan fingerprint density at radius 1 is 0.510 bits per heavy atom. The van der Waals surface area contributed by atoms with Crippen molar-refractivity contribution in [1.82, 2.24) is 9.44 Å². The molecule has 4 amide bonds. The number of amides is 4. The van der Waals surface area contributed by atoms with Gasteiger partial charge in [0.2, 0.25) is 31.9 Å². The van der Waals surface area contributed by atoms with E-state index in [0.717, 1.165) is 147 Å². The Hall–Kier alpha value is -7.52. The predicted molar refractivity (Wildman–Crippen MR) is 392 cm³/mol.